The van der Waals surface area contributed by atoms with Crippen molar-refractivity contribution >= 4 is 21.4 Å². The topological polar surface area (TPSA) is 61.4 Å². The second-order valence-electron chi connectivity index (χ2n) is 4.92. The number of benzene rings is 1. The van der Waals surface area contributed by atoms with Crippen LogP contribution in [0.4, 0.5) is 11.4 Å². The maximum absolute atomic E-state index is 11.2. The highest BCUT2D eigenvalue weighted by atomic mass is 32.2. The highest BCUT2D eigenvalue weighted by molar-refractivity contribution is 7.88. The molecule has 1 saturated heterocycles. The molecule has 1 aliphatic rings. The van der Waals surface area contributed by atoms with E-state index in [0.717, 1.165) is 31.6 Å². The van der Waals surface area contributed by atoms with Crippen LogP contribution < -0.4 is 14.9 Å². The number of rotatable bonds is 4. The normalized spacial score (nSPS) is 17.5. The van der Waals surface area contributed by atoms with Crippen LogP contribution >= 0.6 is 0 Å². The fourth-order valence-corrected chi connectivity index (χ4v) is 3.34. The molecule has 1 heterocycles. The SMILES string of the molecule is CNc1ccccc1N1CCC(NS(C)(=O)=O)CC1. The first-order valence-corrected chi connectivity index (χ1v) is 8.38. The van der Waals surface area contributed by atoms with Gasteiger partial charge in [0.2, 0.25) is 10.0 Å². The summed E-state index contributed by atoms with van der Waals surface area (Å²) in [4.78, 5) is 2.30. The summed E-state index contributed by atoms with van der Waals surface area (Å²) in [5, 5.41) is 3.19. The molecule has 1 aromatic rings. The van der Waals surface area contributed by atoms with Crippen molar-refractivity contribution < 1.29 is 8.42 Å². The monoisotopic (exact) mass is 283 g/mol. The molecule has 1 aromatic carbocycles. The van der Waals surface area contributed by atoms with Crippen molar-refractivity contribution in [2.75, 3.05) is 36.6 Å². The van der Waals surface area contributed by atoms with E-state index in [9.17, 15) is 8.42 Å². The molecule has 1 aliphatic heterocycles. The second-order valence-corrected chi connectivity index (χ2v) is 6.70. The highest BCUT2D eigenvalue weighted by Crippen LogP contribution is 2.27. The number of nitrogens with zero attached hydrogens (tertiary/aromatic N) is 1. The van der Waals surface area contributed by atoms with Gasteiger partial charge in [-0.25, -0.2) is 13.1 Å². The van der Waals surface area contributed by atoms with Crippen molar-refractivity contribution in [1.82, 2.24) is 4.72 Å². The van der Waals surface area contributed by atoms with Crippen molar-refractivity contribution in [3.63, 3.8) is 0 Å². The zero-order chi connectivity index (χ0) is 13.9. The highest BCUT2D eigenvalue weighted by Gasteiger charge is 2.22. The Hall–Kier alpha value is -1.27. The van der Waals surface area contributed by atoms with E-state index >= 15 is 0 Å². The van der Waals surface area contributed by atoms with Crippen LogP contribution in [0.1, 0.15) is 12.8 Å². The zero-order valence-electron chi connectivity index (χ0n) is 11.4. The van der Waals surface area contributed by atoms with Crippen LogP contribution in [-0.2, 0) is 10.0 Å². The van der Waals surface area contributed by atoms with Crippen LogP contribution in [0.15, 0.2) is 24.3 Å². The van der Waals surface area contributed by atoms with Crippen LogP contribution in [-0.4, -0.2) is 40.9 Å². The summed E-state index contributed by atoms with van der Waals surface area (Å²) in [5.74, 6) is 0. The summed E-state index contributed by atoms with van der Waals surface area (Å²) in [6.45, 7) is 1.73. The van der Waals surface area contributed by atoms with E-state index in [0.29, 0.717) is 0 Å². The van der Waals surface area contributed by atoms with Gasteiger partial charge in [-0.15, -0.1) is 0 Å². The molecule has 5 nitrogen and oxygen atoms in total. The van der Waals surface area contributed by atoms with Crippen molar-refractivity contribution in [2.24, 2.45) is 0 Å². The van der Waals surface area contributed by atoms with Gasteiger partial charge in [0.15, 0.2) is 0 Å². The largest absolute Gasteiger partial charge is 0.386 e. The number of para-hydroxylation sites is 2. The molecule has 0 bridgehead atoms. The van der Waals surface area contributed by atoms with E-state index in [4.69, 9.17) is 0 Å². The van der Waals surface area contributed by atoms with Crippen molar-refractivity contribution in [2.45, 2.75) is 18.9 Å². The number of piperidine rings is 1. The smallest absolute Gasteiger partial charge is 0.208 e. The predicted octanol–water partition coefficient (Wildman–Crippen LogP) is 1.25. The second kappa shape index (κ2) is 5.79. The Balaban J connectivity index is 2.00. The summed E-state index contributed by atoms with van der Waals surface area (Å²) >= 11 is 0. The van der Waals surface area contributed by atoms with Crippen molar-refractivity contribution in [3.8, 4) is 0 Å². The molecule has 0 amide bonds. The number of anilines is 2. The van der Waals surface area contributed by atoms with Gasteiger partial charge in [-0.2, -0.15) is 0 Å². The molecule has 1 fully saturated rings. The molecule has 0 saturated carbocycles. The number of nitrogens with one attached hydrogen (secondary N) is 2. The van der Waals surface area contributed by atoms with Gasteiger partial charge in [0.25, 0.3) is 0 Å². The maximum Gasteiger partial charge on any atom is 0.208 e. The number of hydrogen-bond donors (Lipinski definition) is 2. The Bertz CT molecular complexity index is 522. The molecule has 0 radical (unpaired) electrons. The lowest BCUT2D eigenvalue weighted by atomic mass is 10.1. The summed E-state index contributed by atoms with van der Waals surface area (Å²) in [5.41, 5.74) is 2.29. The fourth-order valence-electron chi connectivity index (χ4n) is 2.50. The Morgan fingerprint density at radius 2 is 1.84 bits per heavy atom. The summed E-state index contributed by atoms with van der Waals surface area (Å²) in [6, 6.07) is 8.24. The quantitative estimate of drug-likeness (QED) is 0.873. The van der Waals surface area contributed by atoms with Gasteiger partial charge >= 0.3 is 0 Å². The summed E-state index contributed by atoms with van der Waals surface area (Å²) < 4.78 is 25.1. The first-order valence-electron chi connectivity index (χ1n) is 6.48. The van der Waals surface area contributed by atoms with Gasteiger partial charge in [0.1, 0.15) is 0 Å². The van der Waals surface area contributed by atoms with E-state index in [1.807, 2.05) is 19.2 Å². The third-order valence-electron chi connectivity index (χ3n) is 3.39. The van der Waals surface area contributed by atoms with Gasteiger partial charge in [-0.05, 0) is 25.0 Å². The molecule has 0 unspecified atom stereocenters. The van der Waals surface area contributed by atoms with Gasteiger partial charge < -0.3 is 10.2 Å². The average molecular weight is 283 g/mol. The first kappa shape index (κ1) is 14.1. The molecule has 0 spiro atoms. The molecule has 0 aromatic heterocycles. The molecular formula is C13H21N3O2S. The number of sulfonamides is 1. The van der Waals surface area contributed by atoms with Gasteiger partial charge in [-0.1, -0.05) is 12.1 Å². The third kappa shape index (κ3) is 3.84. The number of hydrogen-bond acceptors (Lipinski definition) is 4. The summed E-state index contributed by atoms with van der Waals surface area (Å²) in [7, 11) is -1.19. The Kier molecular flexibility index (Phi) is 4.31. The van der Waals surface area contributed by atoms with Crippen molar-refractivity contribution in [1.29, 1.82) is 0 Å². The van der Waals surface area contributed by atoms with Crippen molar-refractivity contribution in [3.05, 3.63) is 24.3 Å². The van der Waals surface area contributed by atoms with E-state index < -0.39 is 10.0 Å². The molecule has 19 heavy (non-hydrogen) atoms. The molecule has 6 heteroatoms. The summed E-state index contributed by atoms with van der Waals surface area (Å²) in [6.07, 6.45) is 2.89. The van der Waals surface area contributed by atoms with Gasteiger partial charge in [0, 0.05) is 26.2 Å². The lowest BCUT2D eigenvalue weighted by molar-refractivity contribution is 0.462. The lowest BCUT2D eigenvalue weighted by Crippen LogP contribution is -2.44. The lowest BCUT2D eigenvalue weighted by Gasteiger charge is -2.34. The zero-order valence-corrected chi connectivity index (χ0v) is 12.2. The molecule has 0 aliphatic carbocycles. The first-order chi connectivity index (χ1) is 8.99. The standard InChI is InChI=1S/C13H21N3O2S/c1-14-12-5-3-4-6-13(12)16-9-7-11(8-10-16)15-19(2,17)18/h3-6,11,14-15H,7-10H2,1-2H3. The molecule has 2 N–H and O–H groups in total. The van der Waals surface area contributed by atoms with Crippen LogP contribution in [0.5, 0.6) is 0 Å². The minimum atomic E-state index is -3.10. The molecule has 0 atom stereocenters. The van der Waals surface area contributed by atoms with E-state index in [2.05, 4.69) is 27.1 Å². The molecule has 2 rings (SSSR count). The predicted molar refractivity (Wildman–Crippen MR) is 79.2 cm³/mol. The third-order valence-corrected chi connectivity index (χ3v) is 4.15. The Labute approximate surface area is 115 Å². The van der Waals surface area contributed by atoms with Crippen LogP contribution in [0.2, 0.25) is 0 Å². The van der Waals surface area contributed by atoms with Crippen LogP contribution in [0.3, 0.4) is 0 Å². The van der Waals surface area contributed by atoms with E-state index in [1.54, 1.807) is 0 Å². The average Bonchev–Trinajstić information content (AvgIpc) is 2.38. The molecular weight excluding hydrogens is 262 g/mol. The van der Waals surface area contributed by atoms with Crippen LogP contribution in [0, 0.1) is 0 Å². The minimum Gasteiger partial charge on any atom is -0.386 e. The molecule has 106 valence electrons. The van der Waals surface area contributed by atoms with Gasteiger partial charge in [0.05, 0.1) is 17.6 Å². The Morgan fingerprint density at radius 1 is 1.21 bits per heavy atom. The fraction of sp³-hybridized carbons (Fsp3) is 0.538. The van der Waals surface area contributed by atoms with Crippen LogP contribution in [0.25, 0.3) is 0 Å². The Morgan fingerprint density at radius 3 is 2.42 bits per heavy atom. The van der Waals surface area contributed by atoms with Gasteiger partial charge in [-0.3, -0.25) is 0 Å². The minimum absolute atomic E-state index is 0.0630. The van der Waals surface area contributed by atoms with E-state index in [-0.39, 0.29) is 6.04 Å². The van der Waals surface area contributed by atoms with E-state index in [1.165, 1.54) is 11.9 Å². The maximum atomic E-state index is 11.2.